The van der Waals surface area contributed by atoms with E-state index in [0.717, 1.165) is 39.9 Å². The SMILES string of the molecule is OC(CCCC1Cc2[nH]c3c(F)ccc(-c4ccc(F)cc4)c3c2CN1)c1ccc(Cl)c(C(F)(F)F)c1. The molecule has 0 saturated heterocycles. The van der Waals surface area contributed by atoms with Crippen LogP contribution < -0.4 is 5.32 Å². The van der Waals surface area contributed by atoms with E-state index in [0.29, 0.717) is 37.7 Å². The van der Waals surface area contributed by atoms with E-state index in [4.69, 9.17) is 11.6 Å². The molecule has 2 atom stereocenters. The molecule has 1 aliphatic heterocycles. The Morgan fingerprint density at radius 2 is 1.78 bits per heavy atom. The van der Waals surface area contributed by atoms with Gasteiger partial charge in [0.05, 0.1) is 22.2 Å². The first-order valence-electron chi connectivity index (χ1n) is 12.0. The van der Waals surface area contributed by atoms with E-state index in [1.165, 1.54) is 24.3 Å². The number of aromatic amines is 1. The number of nitrogens with one attached hydrogen (secondary N) is 2. The minimum absolute atomic E-state index is 0.0565. The molecule has 3 nitrogen and oxygen atoms in total. The highest BCUT2D eigenvalue weighted by atomic mass is 35.5. The summed E-state index contributed by atoms with van der Waals surface area (Å²) < 4.78 is 67.5. The maximum atomic E-state index is 14.7. The van der Waals surface area contributed by atoms with Crippen LogP contribution in [0, 0.1) is 11.6 Å². The first kappa shape index (κ1) is 25.7. The van der Waals surface area contributed by atoms with Crippen molar-refractivity contribution < 1.29 is 27.1 Å². The lowest BCUT2D eigenvalue weighted by Gasteiger charge is -2.25. The maximum Gasteiger partial charge on any atom is 0.417 e. The Morgan fingerprint density at radius 3 is 2.51 bits per heavy atom. The minimum Gasteiger partial charge on any atom is -0.388 e. The molecule has 9 heteroatoms. The second-order valence-corrected chi connectivity index (χ2v) is 9.81. The number of aliphatic hydroxyl groups excluding tert-OH is 1. The van der Waals surface area contributed by atoms with Crippen LogP contribution >= 0.6 is 11.6 Å². The fraction of sp³-hybridized carbons (Fsp3) is 0.286. The number of H-pyrrole nitrogens is 1. The van der Waals surface area contributed by atoms with Crippen LogP contribution in [0.15, 0.2) is 54.6 Å². The molecule has 0 bridgehead atoms. The molecule has 2 heterocycles. The van der Waals surface area contributed by atoms with Crippen LogP contribution in [-0.4, -0.2) is 16.1 Å². The lowest BCUT2D eigenvalue weighted by atomic mass is 9.93. The fourth-order valence-electron chi connectivity index (χ4n) is 5.09. The van der Waals surface area contributed by atoms with Gasteiger partial charge in [-0.1, -0.05) is 35.9 Å². The average molecular weight is 535 g/mol. The lowest BCUT2D eigenvalue weighted by molar-refractivity contribution is -0.137. The summed E-state index contributed by atoms with van der Waals surface area (Å²) in [4.78, 5) is 3.23. The first-order chi connectivity index (χ1) is 17.6. The predicted molar refractivity (Wildman–Crippen MR) is 133 cm³/mol. The smallest absolute Gasteiger partial charge is 0.388 e. The van der Waals surface area contributed by atoms with Gasteiger partial charge in [-0.15, -0.1) is 0 Å². The molecule has 3 N–H and O–H groups in total. The van der Waals surface area contributed by atoms with Crippen LogP contribution in [0.25, 0.3) is 22.0 Å². The van der Waals surface area contributed by atoms with Crippen LogP contribution in [0.4, 0.5) is 22.0 Å². The summed E-state index contributed by atoms with van der Waals surface area (Å²) in [5, 5.41) is 14.3. The van der Waals surface area contributed by atoms with Gasteiger partial charge in [0.1, 0.15) is 11.6 Å². The highest BCUT2D eigenvalue weighted by Crippen LogP contribution is 2.38. The van der Waals surface area contributed by atoms with E-state index in [2.05, 4.69) is 10.3 Å². The molecule has 5 rings (SSSR count). The molecule has 0 fully saturated rings. The fourth-order valence-corrected chi connectivity index (χ4v) is 5.31. The summed E-state index contributed by atoms with van der Waals surface area (Å²) in [5.41, 5.74) is 3.12. The monoisotopic (exact) mass is 534 g/mol. The maximum absolute atomic E-state index is 14.7. The summed E-state index contributed by atoms with van der Waals surface area (Å²) in [5.74, 6) is -0.708. The summed E-state index contributed by atoms with van der Waals surface area (Å²) in [7, 11) is 0. The van der Waals surface area contributed by atoms with Gasteiger partial charge >= 0.3 is 6.18 Å². The Labute approximate surface area is 215 Å². The third-order valence-corrected chi connectivity index (χ3v) is 7.31. The molecule has 0 spiro atoms. The van der Waals surface area contributed by atoms with Crippen LogP contribution in [0.3, 0.4) is 0 Å². The summed E-state index contributed by atoms with van der Waals surface area (Å²) in [6, 6.07) is 12.7. The standard InChI is InChI=1S/C28H24ClF5N2O/c29-22-10-6-16(12-21(22)28(32,33)34)25(37)3-1-2-18-13-24-20(14-35-18)26-19(9-11-23(31)27(26)36-24)15-4-7-17(30)8-5-15/h4-12,18,25,35-37H,1-3,13-14H2. The van der Waals surface area contributed by atoms with Gasteiger partial charge in [-0.3, -0.25) is 0 Å². The van der Waals surface area contributed by atoms with E-state index in [1.54, 1.807) is 18.2 Å². The lowest BCUT2D eigenvalue weighted by Crippen LogP contribution is -2.35. The molecule has 37 heavy (non-hydrogen) atoms. The van der Waals surface area contributed by atoms with Gasteiger partial charge in [0.25, 0.3) is 0 Å². The number of rotatable bonds is 6. The summed E-state index contributed by atoms with van der Waals surface area (Å²) in [6.45, 7) is 0.506. The van der Waals surface area contributed by atoms with E-state index in [9.17, 15) is 27.1 Å². The molecular weight excluding hydrogens is 511 g/mol. The van der Waals surface area contributed by atoms with E-state index >= 15 is 0 Å². The van der Waals surface area contributed by atoms with Gasteiger partial charge < -0.3 is 15.4 Å². The Kier molecular flexibility index (Phi) is 7.00. The molecule has 0 aliphatic carbocycles. The second-order valence-electron chi connectivity index (χ2n) is 9.40. The zero-order valence-corrected chi connectivity index (χ0v) is 20.4. The van der Waals surface area contributed by atoms with E-state index in [1.807, 2.05) is 0 Å². The van der Waals surface area contributed by atoms with Crippen LogP contribution in [-0.2, 0) is 19.1 Å². The molecule has 4 aromatic rings. The van der Waals surface area contributed by atoms with Crippen molar-refractivity contribution in [3.63, 3.8) is 0 Å². The van der Waals surface area contributed by atoms with Crippen molar-refractivity contribution in [3.05, 3.63) is 93.6 Å². The number of benzene rings is 3. The Hall–Kier alpha value is -2.94. The Bertz CT molecular complexity index is 1430. The van der Waals surface area contributed by atoms with Crippen molar-refractivity contribution in [2.45, 2.75) is 50.6 Å². The predicted octanol–water partition coefficient (Wildman–Crippen LogP) is 7.70. The van der Waals surface area contributed by atoms with E-state index in [-0.39, 0.29) is 23.2 Å². The number of halogens is 6. The van der Waals surface area contributed by atoms with Crippen molar-refractivity contribution in [2.75, 3.05) is 0 Å². The second kappa shape index (κ2) is 10.1. The number of fused-ring (bicyclic) bond motifs is 3. The van der Waals surface area contributed by atoms with Gasteiger partial charge in [0.15, 0.2) is 0 Å². The zero-order valence-electron chi connectivity index (χ0n) is 19.6. The number of alkyl halides is 3. The average Bonchev–Trinajstić information content (AvgIpc) is 3.24. The Morgan fingerprint density at radius 1 is 1.03 bits per heavy atom. The number of hydrogen-bond acceptors (Lipinski definition) is 2. The van der Waals surface area contributed by atoms with Gasteiger partial charge in [-0.05, 0) is 71.8 Å². The molecule has 1 aliphatic rings. The molecule has 0 amide bonds. The number of hydrogen-bond donors (Lipinski definition) is 3. The molecule has 0 saturated carbocycles. The molecule has 2 unspecified atom stereocenters. The minimum atomic E-state index is -4.59. The van der Waals surface area contributed by atoms with Gasteiger partial charge in [-0.2, -0.15) is 13.2 Å². The van der Waals surface area contributed by atoms with Crippen molar-refractivity contribution in [1.29, 1.82) is 0 Å². The van der Waals surface area contributed by atoms with E-state index < -0.39 is 22.9 Å². The highest BCUT2D eigenvalue weighted by molar-refractivity contribution is 6.31. The highest BCUT2D eigenvalue weighted by Gasteiger charge is 2.34. The zero-order chi connectivity index (χ0) is 26.3. The number of aromatic nitrogens is 1. The summed E-state index contributed by atoms with van der Waals surface area (Å²) in [6.07, 6.45) is -3.47. The quantitative estimate of drug-likeness (QED) is 0.222. The molecule has 3 aromatic carbocycles. The number of aliphatic hydroxyl groups is 1. The summed E-state index contributed by atoms with van der Waals surface area (Å²) >= 11 is 5.67. The normalized spacial score (nSPS) is 16.7. The first-order valence-corrected chi connectivity index (χ1v) is 12.4. The van der Waals surface area contributed by atoms with Gasteiger partial charge in [-0.25, -0.2) is 8.78 Å². The molecular formula is C28H24ClF5N2O. The molecule has 194 valence electrons. The van der Waals surface area contributed by atoms with Crippen LogP contribution in [0.2, 0.25) is 5.02 Å². The molecule has 1 aromatic heterocycles. The van der Waals surface area contributed by atoms with Crippen LogP contribution in [0.1, 0.15) is 47.8 Å². The van der Waals surface area contributed by atoms with Crippen molar-refractivity contribution in [3.8, 4) is 11.1 Å². The Balaban J connectivity index is 1.28. The molecule has 0 radical (unpaired) electrons. The van der Waals surface area contributed by atoms with Gasteiger partial charge in [0.2, 0.25) is 0 Å². The largest absolute Gasteiger partial charge is 0.417 e. The van der Waals surface area contributed by atoms with Gasteiger partial charge in [0, 0.05) is 30.1 Å². The third-order valence-electron chi connectivity index (χ3n) is 6.98. The van der Waals surface area contributed by atoms with Crippen molar-refractivity contribution in [1.82, 2.24) is 10.3 Å². The van der Waals surface area contributed by atoms with Crippen molar-refractivity contribution in [2.24, 2.45) is 0 Å². The van der Waals surface area contributed by atoms with Crippen LogP contribution in [0.5, 0.6) is 0 Å². The third kappa shape index (κ3) is 5.23. The van der Waals surface area contributed by atoms with Crippen molar-refractivity contribution >= 4 is 22.5 Å². The topological polar surface area (TPSA) is 48.0 Å².